The zero-order valence-electron chi connectivity index (χ0n) is 12.9. The van der Waals surface area contributed by atoms with Gasteiger partial charge in [-0.05, 0) is 31.0 Å². The molecule has 0 aliphatic rings. The van der Waals surface area contributed by atoms with Crippen molar-refractivity contribution in [1.82, 2.24) is 5.32 Å². The number of hydrogen-bond acceptors (Lipinski definition) is 4. The van der Waals surface area contributed by atoms with Gasteiger partial charge >= 0.3 is 0 Å². The number of nitro benzene ring substituents is 1. The number of nitrogens with one attached hydrogen (secondary N) is 1. The Labute approximate surface area is 133 Å². The first-order valence-electron chi connectivity index (χ1n) is 7.12. The van der Waals surface area contributed by atoms with Crippen LogP contribution in [0, 0.1) is 17.0 Å². The molecule has 120 valence electrons. The lowest BCUT2D eigenvalue weighted by Crippen LogP contribution is -2.38. The Bertz CT molecular complexity index is 727. The van der Waals surface area contributed by atoms with Gasteiger partial charge in [-0.3, -0.25) is 14.9 Å². The number of hydrogen-bond donors (Lipinski definition) is 2. The Balaban J connectivity index is 2.09. The molecule has 0 bridgehead atoms. The highest BCUT2D eigenvalue weighted by molar-refractivity contribution is 5.95. The highest BCUT2D eigenvalue weighted by Gasteiger charge is 2.24. The number of carbonyl (C=O) groups is 1. The van der Waals surface area contributed by atoms with Crippen LogP contribution in [0.3, 0.4) is 0 Å². The van der Waals surface area contributed by atoms with E-state index in [-0.39, 0.29) is 18.1 Å². The summed E-state index contributed by atoms with van der Waals surface area (Å²) in [6.07, 6.45) is 0. The quantitative estimate of drug-likeness (QED) is 0.655. The van der Waals surface area contributed by atoms with Crippen LogP contribution in [0.5, 0.6) is 0 Å². The number of rotatable bonds is 5. The molecule has 2 aromatic carbocycles. The van der Waals surface area contributed by atoms with Crippen LogP contribution in [0.25, 0.3) is 0 Å². The molecular weight excluding hydrogens is 296 g/mol. The van der Waals surface area contributed by atoms with E-state index in [1.165, 1.54) is 18.2 Å². The summed E-state index contributed by atoms with van der Waals surface area (Å²) in [5, 5.41) is 23.9. The lowest BCUT2D eigenvalue weighted by atomic mass is 9.96. The number of non-ortho nitro benzene ring substituents is 1. The molecule has 0 radical (unpaired) electrons. The predicted octanol–water partition coefficient (Wildman–Crippen LogP) is 2.54. The van der Waals surface area contributed by atoms with Crippen molar-refractivity contribution in [2.45, 2.75) is 19.4 Å². The van der Waals surface area contributed by atoms with E-state index in [0.29, 0.717) is 16.7 Å². The largest absolute Gasteiger partial charge is 0.384 e. The Hall–Kier alpha value is -2.73. The molecule has 0 saturated carbocycles. The molecule has 6 nitrogen and oxygen atoms in total. The lowest BCUT2D eigenvalue weighted by Gasteiger charge is -2.24. The summed E-state index contributed by atoms with van der Waals surface area (Å²) in [6.45, 7) is 3.29. The molecule has 2 aromatic rings. The van der Waals surface area contributed by atoms with E-state index < -0.39 is 10.5 Å². The number of benzene rings is 2. The van der Waals surface area contributed by atoms with Crippen molar-refractivity contribution in [3.8, 4) is 0 Å². The monoisotopic (exact) mass is 314 g/mol. The first kappa shape index (κ1) is 16.6. The highest BCUT2D eigenvalue weighted by Crippen LogP contribution is 2.20. The van der Waals surface area contributed by atoms with Gasteiger partial charge in [-0.25, -0.2) is 0 Å². The van der Waals surface area contributed by atoms with Gasteiger partial charge in [-0.15, -0.1) is 0 Å². The second-order valence-corrected chi connectivity index (χ2v) is 5.58. The Morgan fingerprint density at radius 1 is 1.26 bits per heavy atom. The Morgan fingerprint density at radius 2 is 1.91 bits per heavy atom. The van der Waals surface area contributed by atoms with Crippen LogP contribution in [-0.2, 0) is 5.60 Å². The summed E-state index contributed by atoms with van der Waals surface area (Å²) in [7, 11) is 0. The molecule has 0 saturated heterocycles. The second kappa shape index (κ2) is 6.58. The van der Waals surface area contributed by atoms with Crippen LogP contribution in [0.2, 0.25) is 0 Å². The van der Waals surface area contributed by atoms with Crippen LogP contribution in [0.15, 0.2) is 48.5 Å². The van der Waals surface area contributed by atoms with Crippen LogP contribution in [0.4, 0.5) is 5.69 Å². The topological polar surface area (TPSA) is 92.5 Å². The fourth-order valence-corrected chi connectivity index (χ4v) is 2.26. The van der Waals surface area contributed by atoms with E-state index >= 15 is 0 Å². The maximum atomic E-state index is 12.2. The first-order chi connectivity index (χ1) is 10.8. The second-order valence-electron chi connectivity index (χ2n) is 5.58. The summed E-state index contributed by atoms with van der Waals surface area (Å²) in [4.78, 5) is 22.4. The third-order valence-electron chi connectivity index (χ3n) is 3.65. The van der Waals surface area contributed by atoms with Gasteiger partial charge in [0.2, 0.25) is 0 Å². The molecule has 1 atom stereocenters. The van der Waals surface area contributed by atoms with Crippen molar-refractivity contribution in [2.75, 3.05) is 6.54 Å². The maximum absolute atomic E-state index is 12.2. The van der Waals surface area contributed by atoms with Crippen LogP contribution >= 0.6 is 0 Å². The molecule has 6 heteroatoms. The summed E-state index contributed by atoms with van der Waals surface area (Å²) in [5.74, 6) is -0.381. The molecule has 0 aliphatic heterocycles. The minimum Gasteiger partial charge on any atom is -0.384 e. The minimum atomic E-state index is -1.20. The van der Waals surface area contributed by atoms with Gasteiger partial charge in [0.05, 0.1) is 11.5 Å². The number of nitro groups is 1. The number of carbonyl (C=O) groups excluding carboxylic acids is 1. The molecule has 0 fully saturated rings. The average Bonchev–Trinajstić information content (AvgIpc) is 2.53. The van der Waals surface area contributed by atoms with Gasteiger partial charge in [0.25, 0.3) is 11.6 Å². The van der Waals surface area contributed by atoms with Crippen molar-refractivity contribution < 1.29 is 14.8 Å². The summed E-state index contributed by atoms with van der Waals surface area (Å²) in [5.41, 5.74) is 0.289. The number of nitrogens with zero attached hydrogens (tertiary/aromatic N) is 1. The summed E-state index contributed by atoms with van der Waals surface area (Å²) in [6, 6.07) is 13.1. The van der Waals surface area contributed by atoms with Gasteiger partial charge in [-0.2, -0.15) is 0 Å². The van der Waals surface area contributed by atoms with E-state index in [0.717, 1.165) is 0 Å². The highest BCUT2D eigenvalue weighted by atomic mass is 16.6. The molecule has 1 unspecified atom stereocenters. The van der Waals surface area contributed by atoms with Crippen LogP contribution in [0.1, 0.15) is 28.4 Å². The molecule has 2 N–H and O–H groups in total. The van der Waals surface area contributed by atoms with E-state index in [2.05, 4.69) is 5.32 Å². The van der Waals surface area contributed by atoms with Crippen molar-refractivity contribution in [3.05, 3.63) is 75.3 Å². The normalized spacial score (nSPS) is 13.2. The third-order valence-corrected chi connectivity index (χ3v) is 3.65. The van der Waals surface area contributed by atoms with E-state index in [1.807, 2.05) is 18.2 Å². The van der Waals surface area contributed by atoms with Crippen molar-refractivity contribution in [1.29, 1.82) is 0 Å². The van der Waals surface area contributed by atoms with E-state index in [1.54, 1.807) is 26.0 Å². The van der Waals surface area contributed by atoms with E-state index in [4.69, 9.17) is 0 Å². The molecule has 23 heavy (non-hydrogen) atoms. The SMILES string of the molecule is Cc1cc([N+](=O)[O-])ccc1C(=O)NCC(C)(O)c1ccccc1. The molecular formula is C17H18N2O4. The van der Waals surface area contributed by atoms with Crippen molar-refractivity contribution in [2.24, 2.45) is 0 Å². The fraction of sp³-hybridized carbons (Fsp3) is 0.235. The van der Waals surface area contributed by atoms with Gasteiger partial charge in [-0.1, -0.05) is 30.3 Å². The van der Waals surface area contributed by atoms with Crippen molar-refractivity contribution >= 4 is 11.6 Å². The maximum Gasteiger partial charge on any atom is 0.269 e. The van der Waals surface area contributed by atoms with Crippen LogP contribution < -0.4 is 5.32 Å². The van der Waals surface area contributed by atoms with Gasteiger partial charge in [0.15, 0.2) is 0 Å². The average molecular weight is 314 g/mol. The lowest BCUT2D eigenvalue weighted by molar-refractivity contribution is -0.384. The predicted molar refractivity (Wildman–Crippen MR) is 86.2 cm³/mol. The number of amides is 1. The minimum absolute atomic E-state index is 0.0340. The standard InChI is InChI=1S/C17H18N2O4/c1-12-10-14(19(22)23)8-9-15(12)16(20)18-11-17(2,21)13-6-4-3-5-7-13/h3-10,21H,11H2,1-2H3,(H,18,20). The third kappa shape index (κ3) is 3.92. The van der Waals surface area contributed by atoms with Gasteiger partial charge < -0.3 is 10.4 Å². The molecule has 0 aromatic heterocycles. The number of aryl methyl sites for hydroxylation is 1. The van der Waals surface area contributed by atoms with Crippen molar-refractivity contribution in [3.63, 3.8) is 0 Å². The van der Waals surface area contributed by atoms with Gasteiger partial charge in [0.1, 0.15) is 5.60 Å². The molecule has 1 amide bonds. The molecule has 0 spiro atoms. The van der Waals surface area contributed by atoms with E-state index in [9.17, 15) is 20.0 Å². The zero-order chi connectivity index (χ0) is 17.0. The first-order valence-corrected chi connectivity index (χ1v) is 7.12. The fourth-order valence-electron chi connectivity index (χ4n) is 2.26. The Morgan fingerprint density at radius 3 is 2.48 bits per heavy atom. The van der Waals surface area contributed by atoms with Gasteiger partial charge in [0, 0.05) is 17.7 Å². The smallest absolute Gasteiger partial charge is 0.269 e. The molecule has 0 aliphatic carbocycles. The Kier molecular flexibility index (Phi) is 4.76. The van der Waals surface area contributed by atoms with Crippen LogP contribution in [-0.4, -0.2) is 22.5 Å². The summed E-state index contributed by atoms with van der Waals surface area (Å²) >= 11 is 0. The number of aliphatic hydroxyl groups is 1. The molecule has 0 heterocycles. The summed E-state index contributed by atoms with van der Waals surface area (Å²) < 4.78 is 0. The molecule has 2 rings (SSSR count). The zero-order valence-corrected chi connectivity index (χ0v) is 12.9.